The maximum atomic E-state index is 10.7. The van der Waals surface area contributed by atoms with Crippen LogP contribution in [0.4, 0.5) is 5.69 Å². The van der Waals surface area contributed by atoms with Crippen molar-refractivity contribution in [1.29, 1.82) is 0 Å². The highest BCUT2D eigenvalue weighted by Crippen LogP contribution is 2.34. The second-order valence-electron chi connectivity index (χ2n) is 4.41. The van der Waals surface area contributed by atoms with Gasteiger partial charge < -0.3 is 15.2 Å². The van der Waals surface area contributed by atoms with Gasteiger partial charge in [0.25, 0.3) is 5.69 Å². The molecule has 0 aliphatic carbocycles. The molecule has 1 atom stereocenters. The molecule has 1 heterocycles. The first kappa shape index (κ1) is 14.7. The van der Waals surface area contributed by atoms with E-state index in [1.807, 2.05) is 6.92 Å². The Kier molecular flexibility index (Phi) is 4.34. The van der Waals surface area contributed by atoms with Gasteiger partial charge in [0, 0.05) is 24.4 Å². The topological polar surface area (TPSA) is 101 Å². The molecule has 110 valence electrons. The molecule has 0 fully saturated rings. The van der Waals surface area contributed by atoms with Gasteiger partial charge in [-0.25, -0.2) is 4.98 Å². The molecule has 0 saturated carbocycles. The number of aromatic nitrogens is 1. The van der Waals surface area contributed by atoms with Crippen molar-refractivity contribution in [3.05, 3.63) is 52.2 Å². The molecule has 0 aliphatic rings. The number of non-ortho nitro benzene ring substituents is 1. The molecule has 2 N–H and O–H groups in total. The zero-order chi connectivity index (χ0) is 15.4. The van der Waals surface area contributed by atoms with Crippen molar-refractivity contribution in [1.82, 2.24) is 4.98 Å². The lowest BCUT2D eigenvalue weighted by Crippen LogP contribution is -2.05. The van der Waals surface area contributed by atoms with Crippen LogP contribution >= 0.6 is 0 Å². The smallest absolute Gasteiger partial charge is 0.273 e. The Morgan fingerprint density at radius 2 is 2.05 bits per heavy atom. The van der Waals surface area contributed by atoms with Crippen molar-refractivity contribution in [2.75, 3.05) is 7.11 Å². The van der Waals surface area contributed by atoms with Crippen molar-refractivity contribution in [3.63, 3.8) is 0 Å². The van der Waals surface area contributed by atoms with E-state index in [-0.39, 0.29) is 17.5 Å². The van der Waals surface area contributed by atoms with E-state index in [9.17, 15) is 10.1 Å². The number of methoxy groups -OCH3 is 1. The molecule has 0 amide bonds. The normalized spacial score (nSPS) is 11.8. The number of ether oxygens (including phenoxy) is 2. The minimum Gasteiger partial charge on any atom is -0.493 e. The highest BCUT2D eigenvalue weighted by atomic mass is 16.6. The van der Waals surface area contributed by atoms with Gasteiger partial charge in [0.2, 0.25) is 5.88 Å². The molecule has 21 heavy (non-hydrogen) atoms. The molecule has 0 aliphatic heterocycles. The molecule has 0 unspecified atom stereocenters. The van der Waals surface area contributed by atoms with Crippen LogP contribution < -0.4 is 15.2 Å². The van der Waals surface area contributed by atoms with Crippen LogP contribution in [0.2, 0.25) is 0 Å². The monoisotopic (exact) mass is 289 g/mol. The van der Waals surface area contributed by atoms with Crippen molar-refractivity contribution >= 4 is 5.69 Å². The van der Waals surface area contributed by atoms with Crippen LogP contribution in [0.25, 0.3) is 0 Å². The van der Waals surface area contributed by atoms with Gasteiger partial charge in [-0.05, 0) is 24.6 Å². The standard InChI is InChI=1S/C14H15N3O4/c1-9(15)10-5-6-16-14(7-10)21-12-4-3-11(17(18)19)8-13(12)20-2/h3-9H,15H2,1-2H3/t9-/m1/s1. The third kappa shape index (κ3) is 3.46. The number of hydrogen-bond donors (Lipinski definition) is 1. The summed E-state index contributed by atoms with van der Waals surface area (Å²) >= 11 is 0. The van der Waals surface area contributed by atoms with E-state index in [2.05, 4.69) is 4.98 Å². The van der Waals surface area contributed by atoms with Crippen LogP contribution in [0.15, 0.2) is 36.5 Å². The Hall–Kier alpha value is -2.67. The number of nitro benzene ring substituents is 1. The average molecular weight is 289 g/mol. The molecule has 0 saturated heterocycles. The third-order valence-corrected chi connectivity index (χ3v) is 2.86. The quantitative estimate of drug-likeness (QED) is 0.671. The lowest BCUT2D eigenvalue weighted by Gasteiger charge is -2.11. The molecule has 2 aromatic rings. The molecule has 0 bridgehead atoms. The molecule has 0 radical (unpaired) electrons. The minimum atomic E-state index is -0.499. The summed E-state index contributed by atoms with van der Waals surface area (Å²) in [7, 11) is 1.41. The fourth-order valence-electron chi connectivity index (χ4n) is 1.73. The van der Waals surface area contributed by atoms with Crippen LogP contribution in [-0.2, 0) is 0 Å². The number of nitrogens with two attached hydrogens (primary N) is 1. The zero-order valence-electron chi connectivity index (χ0n) is 11.6. The number of nitrogens with zero attached hydrogens (tertiary/aromatic N) is 2. The van der Waals surface area contributed by atoms with Gasteiger partial charge in [-0.1, -0.05) is 0 Å². The summed E-state index contributed by atoms with van der Waals surface area (Å²) in [6, 6.07) is 7.47. The van der Waals surface area contributed by atoms with E-state index in [4.69, 9.17) is 15.2 Å². The Morgan fingerprint density at radius 1 is 1.29 bits per heavy atom. The van der Waals surface area contributed by atoms with Gasteiger partial charge in [-0.3, -0.25) is 10.1 Å². The minimum absolute atomic E-state index is 0.0727. The number of pyridine rings is 1. The van der Waals surface area contributed by atoms with E-state index in [1.54, 1.807) is 18.3 Å². The van der Waals surface area contributed by atoms with Gasteiger partial charge >= 0.3 is 0 Å². The van der Waals surface area contributed by atoms with Crippen molar-refractivity contribution in [2.24, 2.45) is 5.73 Å². The van der Waals surface area contributed by atoms with Gasteiger partial charge in [0.05, 0.1) is 18.1 Å². The van der Waals surface area contributed by atoms with E-state index in [1.165, 1.54) is 25.3 Å². The third-order valence-electron chi connectivity index (χ3n) is 2.86. The van der Waals surface area contributed by atoms with Crippen molar-refractivity contribution < 1.29 is 14.4 Å². The Balaban J connectivity index is 2.31. The summed E-state index contributed by atoms with van der Waals surface area (Å²) in [6.45, 7) is 1.85. The van der Waals surface area contributed by atoms with Crippen molar-refractivity contribution in [2.45, 2.75) is 13.0 Å². The molecule has 7 nitrogen and oxygen atoms in total. The summed E-state index contributed by atoms with van der Waals surface area (Å²) in [6.07, 6.45) is 1.59. The molecule has 0 spiro atoms. The van der Waals surface area contributed by atoms with Crippen LogP contribution in [0.1, 0.15) is 18.5 Å². The zero-order valence-corrected chi connectivity index (χ0v) is 11.6. The number of rotatable bonds is 5. The molecular weight excluding hydrogens is 274 g/mol. The SMILES string of the molecule is COc1cc([N+](=O)[O-])ccc1Oc1cc([C@@H](C)N)ccn1. The van der Waals surface area contributed by atoms with Crippen LogP contribution in [0.5, 0.6) is 17.4 Å². The van der Waals surface area contributed by atoms with Gasteiger partial charge in [0.1, 0.15) is 0 Å². The fraction of sp³-hybridized carbons (Fsp3) is 0.214. The van der Waals surface area contributed by atoms with Gasteiger partial charge in [0.15, 0.2) is 11.5 Å². The highest BCUT2D eigenvalue weighted by molar-refractivity contribution is 5.49. The lowest BCUT2D eigenvalue weighted by atomic mass is 10.1. The second kappa shape index (κ2) is 6.19. The summed E-state index contributed by atoms with van der Waals surface area (Å²) in [5.74, 6) is 0.951. The van der Waals surface area contributed by atoms with E-state index >= 15 is 0 Å². The summed E-state index contributed by atoms with van der Waals surface area (Å²) in [5.41, 5.74) is 6.61. The lowest BCUT2D eigenvalue weighted by molar-refractivity contribution is -0.384. The second-order valence-corrected chi connectivity index (χ2v) is 4.41. The molecule has 1 aromatic carbocycles. The summed E-state index contributed by atoms with van der Waals surface area (Å²) in [4.78, 5) is 14.3. The number of hydrogen-bond acceptors (Lipinski definition) is 6. The Morgan fingerprint density at radius 3 is 2.67 bits per heavy atom. The summed E-state index contributed by atoms with van der Waals surface area (Å²) < 4.78 is 10.7. The fourth-order valence-corrected chi connectivity index (χ4v) is 1.73. The average Bonchev–Trinajstić information content (AvgIpc) is 2.47. The van der Waals surface area contributed by atoms with Crippen LogP contribution in [0.3, 0.4) is 0 Å². The first-order valence-corrected chi connectivity index (χ1v) is 6.23. The molecular formula is C14H15N3O4. The van der Waals surface area contributed by atoms with E-state index < -0.39 is 4.92 Å². The first-order chi connectivity index (χ1) is 10.0. The van der Waals surface area contributed by atoms with Crippen LogP contribution in [0, 0.1) is 10.1 Å². The molecule has 7 heteroatoms. The van der Waals surface area contributed by atoms with Crippen molar-refractivity contribution in [3.8, 4) is 17.4 Å². The maximum Gasteiger partial charge on any atom is 0.273 e. The van der Waals surface area contributed by atoms with Gasteiger partial charge in [-0.2, -0.15) is 0 Å². The predicted octanol–water partition coefficient (Wildman–Crippen LogP) is 2.81. The van der Waals surface area contributed by atoms with E-state index in [0.29, 0.717) is 11.6 Å². The first-order valence-electron chi connectivity index (χ1n) is 6.23. The molecule has 1 aromatic heterocycles. The maximum absolute atomic E-state index is 10.7. The Labute approximate surface area is 121 Å². The molecule has 2 rings (SSSR count). The highest BCUT2D eigenvalue weighted by Gasteiger charge is 2.13. The summed E-state index contributed by atoms with van der Waals surface area (Å²) in [5, 5.41) is 10.7. The largest absolute Gasteiger partial charge is 0.493 e. The van der Waals surface area contributed by atoms with Gasteiger partial charge in [-0.15, -0.1) is 0 Å². The van der Waals surface area contributed by atoms with E-state index in [0.717, 1.165) is 5.56 Å². The van der Waals surface area contributed by atoms with Crippen LogP contribution in [-0.4, -0.2) is 17.0 Å². The Bertz CT molecular complexity index is 658. The number of benzene rings is 1. The predicted molar refractivity (Wildman–Crippen MR) is 76.6 cm³/mol. The number of nitro groups is 1.